The van der Waals surface area contributed by atoms with Crippen LogP contribution in [0.3, 0.4) is 0 Å². The molecule has 1 aromatic heterocycles. The predicted molar refractivity (Wildman–Crippen MR) is 77.2 cm³/mol. The Balaban J connectivity index is 2.21. The van der Waals surface area contributed by atoms with E-state index >= 15 is 0 Å². The van der Waals surface area contributed by atoms with Gasteiger partial charge in [-0.05, 0) is 24.9 Å². The average Bonchev–Trinajstić information content (AvgIpc) is 2.78. The van der Waals surface area contributed by atoms with Gasteiger partial charge < -0.3 is 5.73 Å². The zero-order valence-electron chi connectivity index (χ0n) is 9.69. The number of thiazole rings is 1. The Labute approximate surface area is 114 Å². The molecule has 1 atom stereocenters. The number of hydrogen-bond acceptors (Lipinski definition) is 3. The van der Waals surface area contributed by atoms with E-state index in [9.17, 15) is 0 Å². The highest BCUT2D eigenvalue weighted by Gasteiger charge is 2.09. The summed E-state index contributed by atoms with van der Waals surface area (Å²) in [6.07, 6.45) is 0.956. The summed E-state index contributed by atoms with van der Waals surface area (Å²) in [6, 6.07) is 8.17. The minimum absolute atomic E-state index is 0.490. The lowest BCUT2D eigenvalue weighted by Gasteiger charge is -2.04. The summed E-state index contributed by atoms with van der Waals surface area (Å²) in [4.78, 5) is 4.66. The second kappa shape index (κ2) is 5.76. The van der Waals surface area contributed by atoms with Crippen LogP contribution in [0.25, 0.3) is 10.6 Å². The summed E-state index contributed by atoms with van der Waals surface area (Å²) < 4.78 is 1.09. The molecule has 0 radical (unpaired) electrons. The number of halogens is 1. The monoisotopic (exact) mass is 310 g/mol. The molecule has 0 aliphatic carbocycles. The normalized spacial score (nSPS) is 12.6. The molecule has 0 amide bonds. The Kier molecular flexibility index (Phi) is 4.31. The molecule has 1 unspecified atom stereocenters. The van der Waals surface area contributed by atoms with Gasteiger partial charge in [-0.2, -0.15) is 0 Å². The quantitative estimate of drug-likeness (QED) is 0.935. The van der Waals surface area contributed by atoms with Crippen molar-refractivity contribution in [2.24, 2.45) is 11.7 Å². The van der Waals surface area contributed by atoms with E-state index in [1.807, 2.05) is 18.2 Å². The molecular weight excluding hydrogens is 296 g/mol. The number of benzene rings is 1. The maximum atomic E-state index is 5.63. The van der Waals surface area contributed by atoms with Crippen LogP contribution in [-0.2, 0) is 6.42 Å². The molecule has 4 heteroatoms. The second-order valence-electron chi connectivity index (χ2n) is 4.17. The lowest BCUT2D eigenvalue weighted by molar-refractivity contribution is 0.586. The van der Waals surface area contributed by atoms with Gasteiger partial charge >= 0.3 is 0 Å². The maximum absolute atomic E-state index is 5.63. The predicted octanol–water partition coefficient (Wildman–Crippen LogP) is 3.71. The third-order valence-corrected chi connectivity index (χ3v) is 4.23. The first-order chi connectivity index (χ1) is 8.20. The number of aromatic nitrogens is 1. The number of nitrogens with two attached hydrogens (primary N) is 1. The van der Waals surface area contributed by atoms with E-state index in [0.717, 1.165) is 27.2 Å². The molecule has 0 fully saturated rings. The average molecular weight is 311 g/mol. The second-order valence-corrected chi connectivity index (χ2v) is 5.88. The fourth-order valence-electron chi connectivity index (χ4n) is 1.60. The van der Waals surface area contributed by atoms with Crippen molar-refractivity contribution in [3.05, 3.63) is 39.8 Å². The van der Waals surface area contributed by atoms with Crippen LogP contribution in [-0.4, -0.2) is 11.5 Å². The molecule has 0 aliphatic rings. The zero-order chi connectivity index (χ0) is 12.3. The molecule has 0 spiro atoms. The molecule has 90 valence electrons. The van der Waals surface area contributed by atoms with Crippen LogP contribution in [0, 0.1) is 5.92 Å². The molecule has 0 saturated carbocycles. The van der Waals surface area contributed by atoms with Crippen LogP contribution >= 0.6 is 27.3 Å². The van der Waals surface area contributed by atoms with Gasteiger partial charge in [0, 0.05) is 15.4 Å². The minimum atomic E-state index is 0.490. The maximum Gasteiger partial charge on any atom is 0.124 e. The topological polar surface area (TPSA) is 38.9 Å². The first-order valence-corrected chi connectivity index (χ1v) is 7.27. The summed E-state index contributed by atoms with van der Waals surface area (Å²) in [5.41, 5.74) is 7.92. The van der Waals surface area contributed by atoms with Gasteiger partial charge in [-0.3, -0.25) is 0 Å². The molecule has 0 aliphatic heterocycles. The SMILES string of the molecule is CC(CN)Cc1csc(-c2ccccc2Br)n1. The number of nitrogens with zero attached hydrogens (tertiary/aromatic N) is 1. The van der Waals surface area contributed by atoms with Crippen LogP contribution in [0.5, 0.6) is 0 Å². The van der Waals surface area contributed by atoms with E-state index < -0.39 is 0 Å². The van der Waals surface area contributed by atoms with E-state index in [4.69, 9.17) is 5.73 Å². The summed E-state index contributed by atoms with van der Waals surface area (Å²) in [6.45, 7) is 2.86. The Morgan fingerprint density at radius 1 is 1.41 bits per heavy atom. The van der Waals surface area contributed by atoms with Gasteiger partial charge in [0.15, 0.2) is 0 Å². The van der Waals surface area contributed by atoms with Crippen molar-refractivity contribution in [2.75, 3.05) is 6.54 Å². The third-order valence-electron chi connectivity index (χ3n) is 2.62. The van der Waals surface area contributed by atoms with Crippen LogP contribution in [0.15, 0.2) is 34.1 Å². The molecule has 0 bridgehead atoms. The summed E-state index contributed by atoms with van der Waals surface area (Å²) in [5.74, 6) is 0.490. The largest absolute Gasteiger partial charge is 0.330 e. The van der Waals surface area contributed by atoms with Crippen molar-refractivity contribution in [1.82, 2.24) is 4.98 Å². The van der Waals surface area contributed by atoms with Gasteiger partial charge in [0.05, 0.1) is 5.69 Å². The van der Waals surface area contributed by atoms with Gasteiger partial charge in [0.2, 0.25) is 0 Å². The Bertz CT molecular complexity index is 496. The summed E-state index contributed by atoms with van der Waals surface area (Å²) >= 11 is 5.24. The van der Waals surface area contributed by atoms with E-state index in [1.54, 1.807) is 11.3 Å². The van der Waals surface area contributed by atoms with Crippen molar-refractivity contribution in [3.63, 3.8) is 0 Å². The van der Waals surface area contributed by atoms with Crippen molar-refractivity contribution >= 4 is 27.3 Å². The molecule has 1 aromatic carbocycles. The van der Waals surface area contributed by atoms with Crippen LogP contribution in [0.2, 0.25) is 0 Å². The van der Waals surface area contributed by atoms with Crippen molar-refractivity contribution in [1.29, 1.82) is 0 Å². The highest BCUT2D eigenvalue weighted by atomic mass is 79.9. The Hall–Kier alpha value is -0.710. The lowest BCUT2D eigenvalue weighted by atomic mass is 10.1. The molecule has 2 rings (SSSR count). The van der Waals surface area contributed by atoms with E-state index in [0.29, 0.717) is 12.5 Å². The fraction of sp³-hybridized carbons (Fsp3) is 0.308. The molecule has 2 nitrogen and oxygen atoms in total. The first kappa shape index (κ1) is 12.7. The Morgan fingerprint density at radius 2 is 2.18 bits per heavy atom. The minimum Gasteiger partial charge on any atom is -0.330 e. The van der Waals surface area contributed by atoms with Gasteiger partial charge in [-0.1, -0.05) is 41.1 Å². The third kappa shape index (κ3) is 3.15. The van der Waals surface area contributed by atoms with Crippen molar-refractivity contribution < 1.29 is 0 Å². The number of hydrogen-bond donors (Lipinski definition) is 1. The summed E-state index contributed by atoms with van der Waals surface area (Å²) in [5, 5.41) is 3.19. The van der Waals surface area contributed by atoms with Crippen LogP contribution in [0.4, 0.5) is 0 Å². The van der Waals surface area contributed by atoms with Crippen molar-refractivity contribution in [3.8, 4) is 10.6 Å². The van der Waals surface area contributed by atoms with Gasteiger partial charge in [0.1, 0.15) is 5.01 Å². The smallest absolute Gasteiger partial charge is 0.124 e. The van der Waals surface area contributed by atoms with E-state index in [1.165, 1.54) is 0 Å². The van der Waals surface area contributed by atoms with E-state index in [2.05, 4.69) is 39.3 Å². The standard InChI is InChI=1S/C13H15BrN2S/c1-9(7-15)6-10-8-17-13(16-10)11-4-2-3-5-12(11)14/h2-5,8-9H,6-7,15H2,1H3. The molecule has 0 saturated heterocycles. The van der Waals surface area contributed by atoms with Crippen LogP contribution in [0.1, 0.15) is 12.6 Å². The van der Waals surface area contributed by atoms with Crippen LogP contribution < -0.4 is 5.73 Å². The molecular formula is C13H15BrN2S. The zero-order valence-corrected chi connectivity index (χ0v) is 12.1. The van der Waals surface area contributed by atoms with Crippen molar-refractivity contribution in [2.45, 2.75) is 13.3 Å². The highest BCUT2D eigenvalue weighted by molar-refractivity contribution is 9.10. The van der Waals surface area contributed by atoms with Gasteiger partial charge in [0.25, 0.3) is 0 Å². The fourth-order valence-corrected chi connectivity index (χ4v) is 3.07. The Morgan fingerprint density at radius 3 is 2.88 bits per heavy atom. The summed E-state index contributed by atoms with van der Waals surface area (Å²) in [7, 11) is 0. The van der Waals surface area contributed by atoms with Gasteiger partial charge in [-0.15, -0.1) is 11.3 Å². The molecule has 2 N–H and O–H groups in total. The lowest BCUT2D eigenvalue weighted by Crippen LogP contribution is -2.13. The van der Waals surface area contributed by atoms with Gasteiger partial charge in [-0.25, -0.2) is 4.98 Å². The first-order valence-electron chi connectivity index (χ1n) is 5.60. The highest BCUT2D eigenvalue weighted by Crippen LogP contribution is 2.30. The molecule has 17 heavy (non-hydrogen) atoms. The number of rotatable bonds is 4. The molecule has 2 aromatic rings. The van der Waals surface area contributed by atoms with E-state index in [-0.39, 0.29) is 0 Å². The molecule has 1 heterocycles.